The Balaban J connectivity index is 2.17. The number of carbonyl (C=O) groups excluding carboxylic acids is 1. The van der Waals surface area contributed by atoms with Gasteiger partial charge in [0.2, 0.25) is 0 Å². The van der Waals surface area contributed by atoms with Gasteiger partial charge in [-0.3, -0.25) is 4.79 Å². The van der Waals surface area contributed by atoms with E-state index in [0.29, 0.717) is 23.4 Å². The van der Waals surface area contributed by atoms with Crippen molar-refractivity contribution >= 4 is 11.7 Å². The van der Waals surface area contributed by atoms with Crippen molar-refractivity contribution in [3.05, 3.63) is 23.9 Å². The monoisotopic (exact) mass is 261 g/mol. The number of anilines is 1. The lowest BCUT2D eigenvalue weighted by molar-refractivity contribution is 0.0455. The fraction of sp³-hybridized carbons (Fsp3) is 0.600. The van der Waals surface area contributed by atoms with E-state index in [4.69, 9.17) is 0 Å². The lowest BCUT2D eigenvalue weighted by Crippen LogP contribution is -2.48. The average Bonchev–Trinajstić information content (AvgIpc) is 2.42. The summed E-state index contributed by atoms with van der Waals surface area (Å²) in [6, 6.07) is 3.99. The summed E-state index contributed by atoms with van der Waals surface area (Å²) >= 11 is 0. The number of amides is 1. The van der Waals surface area contributed by atoms with Crippen LogP contribution < -0.4 is 5.32 Å². The maximum absolute atomic E-state index is 12.6. The number of likely N-dealkylation sites (tertiary alicyclic amines) is 1. The largest absolute Gasteiger partial charge is 0.373 e. The quantitative estimate of drug-likeness (QED) is 0.890. The smallest absolute Gasteiger partial charge is 0.255 e. The van der Waals surface area contributed by atoms with E-state index in [1.807, 2.05) is 24.1 Å². The van der Waals surface area contributed by atoms with Gasteiger partial charge in [-0.15, -0.1) is 0 Å². The molecule has 1 aromatic heterocycles. The number of nitrogens with one attached hydrogen (secondary N) is 1. The third-order valence-electron chi connectivity index (χ3n) is 4.13. The number of hydrogen-bond acceptors (Lipinski definition) is 3. The van der Waals surface area contributed by atoms with E-state index in [1.165, 1.54) is 6.42 Å². The Labute approximate surface area is 115 Å². The van der Waals surface area contributed by atoms with Gasteiger partial charge in [0, 0.05) is 25.8 Å². The molecule has 2 heterocycles. The highest BCUT2D eigenvalue weighted by atomic mass is 16.2. The summed E-state index contributed by atoms with van der Waals surface area (Å²) in [4.78, 5) is 18.8. The zero-order chi connectivity index (χ0) is 14.0. The van der Waals surface area contributed by atoms with Crippen molar-refractivity contribution in [1.29, 1.82) is 0 Å². The van der Waals surface area contributed by atoms with Crippen LogP contribution in [-0.4, -0.2) is 35.4 Å². The number of rotatable bonds is 2. The molecule has 0 aromatic carbocycles. The minimum Gasteiger partial charge on any atom is -0.373 e. The Morgan fingerprint density at radius 1 is 1.37 bits per heavy atom. The Kier molecular flexibility index (Phi) is 4.08. The first kappa shape index (κ1) is 13.8. The predicted molar refractivity (Wildman–Crippen MR) is 77.2 cm³/mol. The van der Waals surface area contributed by atoms with Gasteiger partial charge in [-0.25, -0.2) is 4.98 Å². The van der Waals surface area contributed by atoms with E-state index in [0.717, 1.165) is 12.4 Å². The van der Waals surface area contributed by atoms with Crippen molar-refractivity contribution in [2.75, 3.05) is 18.9 Å². The van der Waals surface area contributed by atoms with Crippen LogP contribution in [0.3, 0.4) is 0 Å². The molecule has 1 fully saturated rings. The fourth-order valence-electron chi connectivity index (χ4n) is 2.82. The molecule has 1 amide bonds. The van der Waals surface area contributed by atoms with Crippen molar-refractivity contribution in [1.82, 2.24) is 9.88 Å². The first-order chi connectivity index (χ1) is 9.02. The molecular weight excluding hydrogens is 238 g/mol. The minimum absolute atomic E-state index is 0.0982. The number of pyridine rings is 1. The molecule has 104 valence electrons. The van der Waals surface area contributed by atoms with Crippen molar-refractivity contribution in [3.63, 3.8) is 0 Å². The van der Waals surface area contributed by atoms with Crippen molar-refractivity contribution in [2.24, 2.45) is 11.8 Å². The Bertz CT molecular complexity index is 443. The molecule has 0 bridgehead atoms. The highest BCUT2D eigenvalue weighted by Gasteiger charge is 2.32. The molecule has 2 rings (SSSR count). The molecule has 1 N–H and O–H groups in total. The second kappa shape index (κ2) is 5.59. The van der Waals surface area contributed by atoms with Gasteiger partial charge in [0.25, 0.3) is 5.91 Å². The van der Waals surface area contributed by atoms with Crippen LogP contribution in [0.5, 0.6) is 0 Å². The van der Waals surface area contributed by atoms with Crippen LogP contribution in [-0.2, 0) is 0 Å². The highest BCUT2D eigenvalue weighted by Crippen LogP contribution is 2.28. The number of aromatic nitrogens is 1. The molecule has 1 aliphatic rings. The fourth-order valence-corrected chi connectivity index (χ4v) is 2.82. The van der Waals surface area contributed by atoms with Crippen LogP contribution in [0, 0.1) is 11.8 Å². The number of nitrogens with zero attached hydrogens (tertiary/aromatic N) is 2. The molecule has 0 aliphatic carbocycles. The number of hydrogen-bond donors (Lipinski definition) is 1. The second-order valence-corrected chi connectivity index (χ2v) is 5.70. The lowest BCUT2D eigenvalue weighted by atomic mass is 9.85. The third kappa shape index (κ3) is 2.88. The highest BCUT2D eigenvalue weighted by molar-refractivity contribution is 5.94. The standard InChI is InChI=1S/C15H23N3O/c1-10-7-11(2)12(3)18(9-10)15(19)13-5-6-14(16-4)17-8-13/h5-6,8,10-12H,7,9H2,1-4H3,(H,16,17). The van der Waals surface area contributed by atoms with Crippen molar-refractivity contribution in [2.45, 2.75) is 33.2 Å². The summed E-state index contributed by atoms with van der Waals surface area (Å²) in [5.74, 6) is 2.00. The van der Waals surface area contributed by atoms with Gasteiger partial charge in [0.05, 0.1) is 5.56 Å². The minimum atomic E-state index is 0.0982. The van der Waals surface area contributed by atoms with E-state index in [9.17, 15) is 4.79 Å². The molecule has 19 heavy (non-hydrogen) atoms. The van der Waals surface area contributed by atoms with E-state index >= 15 is 0 Å². The van der Waals surface area contributed by atoms with Gasteiger partial charge < -0.3 is 10.2 Å². The zero-order valence-corrected chi connectivity index (χ0v) is 12.2. The van der Waals surface area contributed by atoms with Gasteiger partial charge in [-0.05, 0) is 37.3 Å². The van der Waals surface area contributed by atoms with Crippen LogP contribution >= 0.6 is 0 Å². The lowest BCUT2D eigenvalue weighted by Gasteiger charge is -2.41. The summed E-state index contributed by atoms with van der Waals surface area (Å²) < 4.78 is 0. The molecule has 0 spiro atoms. The number of piperidine rings is 1. The predicted octanol–water partition coefficient (Wildman–Crippen LogP) is 2.63. The third-order valence-corrected chi connectivity index (χ3v) is 4.13. The summed E-state index contributed by atoms with van der Waals surface area (Å²) in [5.41, 5.74) is 0.673. The van der Waals surface area contributed by atoms with E-state index in [1.54, 1.807) is 6.20 Å². The van der Waals surface area contributed by atoms with Crippen LogP contribution in [0.25, 0.3) is 0 Å². The first-order valence-corrected chi connectivity index (χ1v) is 6.97. The van der Waals surface area contributed by atoms with Crippen LogP contribution in [0.15, 0.2) is 18.3 Å². The van der Waals surface area contributed by atoms with Crippen molar-refractivity contribution in [3.8, 4) is 0 Å². The normalized spacial score (nSPS) is 27.2. The maximum atomic E-state index is 12.6. The van der Waals surface area contributed by atoms with Gasteiger partial charge in [0.1, 0.15) is 5.82 Å². The summed E-state index contributed by atoms with van der Waals surface area (Å²) in [6.45, 7) is 7.43. The molecule has 1 aliphatic heterocycles. The molecule has 3 unspecified atom stereocenters. The van der Waals surface area contributed by atoms with Crippen molar-refractivity contribution < 1.29 is 4.79 Å². The van der Waals surface area contributed by atoms with Gasteiger partial charge in [-0.2, -0.15) is 0 Å². The first-order valence-electron chi connectivity index (χ1n) is 6.97. The molecular formula is C15H23N3O. The number of carbonyl (C=O) groups is 1. The van der Waals surface area contributed by atoms with Crippen LogP contribution in [0.4, 0.5) is 5.82 Å². The average molecular weight is 261 g/mol. The van der Waals surface area contributed by atoms with Crippen LogP contribution in [0.1, 0.15) is 37.6 Å². The van der Waals surface area contributed by atoms with Gasteiger partial charge in [0.15, 0.2) is 0 Å². The zero-order valence-electron chi connectivity index (χ0n) is 12.2. The Morgan fingerprint density at radius 3 is 2.68 bits per heavy atom. The summed E-state index contributed by atoms with van der Waals surface area (Å²) in [6.07, 6.45) is 2.85. The maximum Gasteiger partial charge on any atom is 0.255 e. The molecule has 0 saturated carbocycles. The SMILES string of the molecule is CNc1ccc(C(=O)N2CC(C)CC(C)C2C)cn1. The summed E-state index contributed by atoms with van der Waals surface area (Å²) in [5, 5.41) is 2.96. The van der Waals surface area contributed by atoms with E-state index in [-0.39, 0.29) is 5.91 Å². The second-order valence-electron chi connectivity index (χ2n) is 5.70. The van der Waals surface area contributed by atoms with E-state index in [2.05, 4.69) is 31.1 Å². The van der Waals surface area contributed by atoms with Crippen LogP contribution in [0.2, 0.25) is 0 Å². The molecule has 1 aromatic rings. The Hall–Kier alpha value is -1.58. The summed E-state index contributed by atoms with van der Waals surface area (Å²) in [7, 11) is 1.82. The topological polar surface area (TPSA) is 45.2 Å². The molecule has 4 heteroatoms. The molecule has 3 atom stereocenters. The van der Waals surface area contributed by atoms with Gasteiger partial charge in [-0.1, -0.05) is 13.8 Å². The van der Waals surface area contributed by atoms with E-state index < -0.39 is 0 Å². The van der Waals surface area contributed by atoms with Gasteiger partial charge >= 0.3 is 0 Å². The molecule has 4 nitrogen and oxygen atoms in total. The Morgan fingerprint density at radius 2 is 2.11 bits per heavy atom. The molecule has 0 radical (unpaired) electrons. The molecule has 1 saturated heterocycles.